The molecule has 2 aliphatic rings. The maximum absolute atomic E-state index is 16.3. The SMILES string of the molecule is C=CC(=O)N1CC(C)N(c2nc(N3CC(N(C)C)C3)nc3c(F)c(/C=C(C)/C=C\c4ccn[nH]4)c(Cl)cc23)C[C@H]1C. The van der Waals surface area contributed by atoms with Crippen molar-refractivity contribution in [2.75, 3.05) is 50.1 Å². The number of halogens is 2. The van der Waals surface area contributed by atoms with Crippen molar-refractivity contribution in [3.05, 3.63) is 64.7 Å². The average molecular weight is 579 g/mol. The summed E-state index contributed by atoms with van der Waals surface area (Å²) in [5.41, 5.74) is 2.16. The molecule has 2 atom stereocenters. The molecule has 1 unspecified atom stereocenters. The van der Waals surface area contributed by atoms with Crippen molar-refractivity contribution < 1.29 is 9.18 Å². The highest BCUT2D eigenvalue weighted by Crippen LogP contribution is 2.37. The molecule has 9 nitrogen and oxygen atoms in total. The Bertz CT molecular complexity index is 1510. The summed E-state index contributed by atoms with van der Waals surface area (Å²) < 4.78 is 16.3. The van der Waals surface area contributed by atoms with Crippen LogP contribution in [0.1, 0.15) is 32.0 Å². The molecule has 1 aromatic carbocycles. The Morgan fingerprint density at radius 1 is 1.20 bits per heavy atom. The first-order chi connectivity index (χ1) is 19.6. The van der Waals surface area contributed by atoms with Crippen LogP contribution in [0.5, 0.6) is 0 Å². The van der Waals surface area contributed by atoms with E-state index >= 15 is 4.39 Å². The minimum atomic E-state index is -0.488. The van der Waals surface area contributed by atoms with Crippen molar-refractivity contribution in [3.8, 4) is 0 Å². The Labute approximate surface area is 245 Å². The number of H-pyrrole nitrogens is 1. The van der Waals surface area contributed by atoms with Crippen LogP contribution >= 0.6 is 11.6 Å². The van der Waals surface area contributed by atoms with Crippen molar-refractivity contribution in [3.63, 3.8) is 0 Å². The lowest BCUT2D eigenvalue weighted by molar-refractivity contribution is -0.128. The van der Waals surface area contributed by atoms with E-state index in [0.29, 0.717) is 36.3 Å². The predicted octanol–water partition coefficient (Wildman–Crippen LogP) is 4.62. The molecule has 2 saturated heterocycles. The van der Waals surface area contributed by atoms with Gasteiger partial charge in [-0.3, -0.25) is 9.89 Å². The van der Waals surface area contributed by atoms with E-state index in [1.807, 2.05) is 58.0 Å². The predicted molar refractivity (Wildman–Crippen MR) is 164 cm³/mol. The summed E-state index contributed by atoms with van der Waals surface area (Å²) in [6.45, 7) is 12.1. The molecule has 216 valence electrons. The smallest absolute Gasteiger partial charge is 0.246 e. The van der Waals surface area contributed by atoms with Crippen LogP contribution in [0.3, 0.4) is 0 Å². The molecular formula is C30H36ClFN8O. The number of hydrogen-bond acceptors (Lipinski definition) is 7. The number of carbonyl (C=O) groups excluding carboxylic acids is 1. The topological polar surface area (TPSA) is 84.5 Å². The normalized spacial score (nSPS) is 20.4. The van der Waals surface area contributed by atoms with Crippen molar-refractivity contribution >= 4 is 52.3 Å². The van der Waals surface area contributed by atoms with Crippen LogP contribution < -0.4 is 9.80 Å². The van der Waals surface area contributed by atoms with E-state index in [1.165, 1.54) is 6.08 Å². The van der Waals surface area contributed by atoms with Crippen molar-refractivity contribution in [2.45, 2.75) is 38.9 Å². The van der Waals surface area contributed by atoms with Crippen LogP contribution in [-0.2, 0) is 4.79 Å². The lowest BCUT2D eigenvalue weighted by Crippen LogP contribution is -2.59. The van der Waals surface area contributed by atoms with Crippen molar-refractivity contribution in [1.82, 2.24) is 30.0 Å². The van der Waals surface area contributed by atoms with Gasteiger partial charge in [0.1, 0.15) is 11.3 Å². The quantitative estimate of drug-likeness (QED) is 0.323. The molecule has 0 saturated carbocycles. The summed E-state index contributed by atoms with van der Waals surface area (Å²) in [5.74, 6) is 0.519. The van der Waals surface area contributed by atoms with Crippen LogP contribution in [0, 0.1) is 5.82 Å². The summed E-state index contributed by atoms with van der Waals surface area (Å²) in [6.07, 6.45) is 8.48. The number of allylic oxidation sites excluding steroid dienone is 2. The van der Waals surface area contributed by atoms with Gasteiger partial charge in [0, 0.05) is 61.5 Å². The minimum absolute atomic E-state index is 0.0664. The highest BCUT2D eigenvalue weighted by atomic mass is 35.5. The molecule has 0 spiro atoms. The number of aromatic nitrogens is 4. The minimum Gasteiger partial charge on any atom is -0.349 e. The number of rotatable bonds is 7. The van der Waals surface area contributed by atoms with Crippen LogP contribution in [0.25, 0.3) is 23.1 Å². The number of nitrogens with one attached hydrogen (secondary N) is 1. The third-order valence-corrected chi connectivity index (χ3v) is 8.21. The number of aromatic amines is 1. The molecule has 41 heavy (non-hydrogen) atoms. The highest BCUT2D eigenvalue weighted by molar-refractivity contribution is 6.33. The average Bonchev–Trinajstić information content (AvgIpc) is 3.43. The largest absolute Gasteiger partial charge is 0.349 e. The van der Waals surface area contributed by atoms with Gasteiger partial charge < -0.3 is 19.6 Å². The second-order valence-corrected chi connectivity index (χ2v) is 11.5. The number of nitrogens with zero attached hydrogens (tertiary/aromatic N) is 7. The number of benzene rings is 1. The molecule has 5 rings (SSSR count). The van der Waals surface area contributed by atoms with Crippen molar-refractivity contribution in [2.24, 2.45) is 0 Å². The summed E-state index contributed by atoms with van der Waals surface area (Å²) in [4.78, 5) is 30.4. The van der Waals surface area contributed by atoms with E-state index in [4.69, 9.17) is 21.6 Å². The number of carbonyl (C=O) groups is 1. The monoisotopic (exact) mass is 578 g/mol. The van der Waals surface area contributed by atoms with Crippen LogP contribution in [0.2, 0.25) is 5.02 Å². The first kappa shape index (κ1) is 28.8. The standard InChI is InChI=1S/C30H36ClFN8O/c1-7-26(41)39-14-20(4)40(15-19(39)3)29-24-13-25(31)23(12-18(2)8-9-21-10-11-33-36-21)27(32)28(24)34-30(35-29)38-16-22(17-38)37(5)6/h7-13,19-20,22H,1,14-17H2,2-6H3,(H,33,36)/b9-8-,18-12+/t19-,20?/m1/s1. The molecule has 2 aliphatic heterocycles. The van der Waals surface area contributed by atoms with Gasteiger partial charge in [0.05, 0.1) is 10.7 Å². The molecular weight excluding hydrogens is 543 g/mol. The van der Waals surface area contributed by atoms with Gasteiger partial charge in [-0.1, -0.05) is 29.8 Å². The molecule has 0 aliphatic carbocycles. The van der Waals surface area contributed by atoms with Gasteiger partial charge in [-0.2, -0.15) is 10.1 Å². The Hall–Kier alpha value is -3.76. The number of amides is 1. The van der Waals surface area contributed by atoms with E-state index in [9.17, 15) is 4.79 Å². The van der Waals surface area contributed by atoms with Gasteiger partial charge in [-0.25, -0.2) is 9.37 Å². The Morgan fingerprint density at radius 3 is 2.61 bits per heavy atom. The van der Waals surface area contributed by atoms with Gasteiger partial charge in [-0.05, 0) is 65.2 Å². The van der Waals surface area contributed by atoms with Gasteiger partial charge in [-0.15, -0.1) is 0 Å². The third-order valence-electron chi connectivity index (χ3n) is 7.90. The summed E-state index contributed by atoms with van der Waals surface area (Å²) in [7, 11) is 4.09. The summed E-state index contributed by atoms with van der Waals surface area (Å²) in [5, 5.41) is 7.65. The van der Waals surface area contributed by atoms with E-state index in [-0.39, 0.29) is 34.1 Å². The van der Waals surface area contributed by atoms with E-state index in [0.717, 1.165) is 24.4 Å². The molecule has 1 amide bonds. The molecule has 2 fully saturated rings. The molecule has 3 aromatic rings. The Morgan fingerprint density at radius 2 is 1.95 bits per heavy atom. The van der Waals surface area contributed by atoms with Crippen molar-refractivity contribution in [1.29, 1.82) is 0 Å². The lowest BCUT2D eigenvalue weighted by Gasteiger charge is -2.45. The highest BCUT2D eigenvalue weighted by Gasteiger charge is 2.35. The fourth-order valence-corrected chi connectivity index (χ4v) is 5.57. The Balaban J connectivity index is 1.59. The van der Waals surface area contributed by atoms with Gasteiger partial charge >= 0.3 is 0 Å². The number of anilines is 2. The second kappa shape index (κ2) is 11.6. The third kappa shape index (κ3) is 5.71. The number of hydrogen-bond donors (Lipinski definition) is 1. The van der Waals surface area contributed by atoms with Gasteiger partial charge in [0.15, 0.2) is 5.82 Å². The first-order valence-corrected chi connectivity index (χ1v) is 14.1. The fraction of sp³-hybridized carbons (Fsp3) is 0.400. The van der Waals surface area contributed by atoms with E-state index < -0.39 is 5.82 Å². The summed E-state index contributed by atoms with van der Waals surface area (Å²) in [6, 6.07) is 3.83. The van der Waals surface area contributed by atoms with Crippen LogP contribution in [0.4, 0.5) is 16.2 Å². The zero-order valence-corrected chi connectivity index (χ0v) is 24.9. The molecule has 1 N–H and O–H groups in total. The number of likely N-dealkylation sites (N-methyl/N-ethyl adjacent to an activating group) is 1. The lowest BCUT2D eigenvalue weighted by atomic mass is 10.0. The molecule has 0 radical (unpaired) electrons. The number of piperazine rings is 1. The zero-order valence-electron chi connectivity index (χ0n) is 24.1. The molecule has 2 aromatic heterocycles. The first-order valence-electron chi connectivity index (χ1n) is 13.7. The second-order valence-electron chi connectivity index (χ2n) is 11.1. The van der Waals surface area contributed by atoms with Crippen LogP contribution in [-0.4, -0.2) is 94.3 Å². The van der Waals surface area contributed by atoms with E-state index in [1.54, 1.807) is 18.3 Å². The number of fused-ring (bicyclic) bond motifs is 1. The maximum Gasteiger partial charge on any atom is 0.246 e. The summed E-state index contributed by atoms with van der Waals surface area (Å²) >= 11 is 6.73. The molecule has 11 heteroatoms. The van der Waals surface area contributed by atoms with Crippen LogP contribution in [0.15, 0.2) is 42.6 Å². The fourth-order valence-electron chi connectivity index (χ4n) is 5.32. The zero-order chi connectivity index (χ0) is 29.4. The molecule has 0 bridgehead atoms. The van der Waals surface area contributed by atoms with Gasteiger partial charge in [0.25, 0.3) is 0 Å². The maximum atomic E-state index is 16.3. The van der Waals surface area contributed by atoms with Gasteiger partial charge in [0.2, 0.25) is 11.9 Å². The molecule has 4 heterocycles. The van der Waals surface area contributed by atoms with E-state index in [2.05, 4.69) is 31.5 Å². The Kier molecular flexibility index (Phi) is 8.15.